The van der Waals surface area contributed by atoms with Crippen LogP contribution in [0.4, 0.5) is 5.69 Å². The number of nitrogens with one attached hydrogen (secondary N) is 2. The third-order valence-electron chi connectivity index (χ3n) is 4.53. The topological polar surface area (TPSA) is 124 Å². The van der Waals surface area contributed by atoms with Crippen molar-refractivity contribution in [2.24, 2.45) is 0 Å². The molecule has 0 amide bonds. The lowest BCUT2D eigenvalue weighted by Gasteiger charge is -2.15. The van der Waals surface area contributed by atoms with E-state index in [0.29, 0.717) is 36.5 Å². The van der Waals surface area contributed by atoms with Gasteiger partial charge in [0.05, 0.1) is 12.3 Å². The van der Waals surface area contributed by atoms with Crippen molar-refractivity contribution in [3.8, 4) is 5.75 Å². The maximum atomic E-state index is 11.0. The van der Waals surface area contributed by atoms with Crippen molar-refractivity contribution in [1.82, 2.24) is 10.3 Å². The third-order valence-corrected chi connectivity index (χ3v) is 4.99. The number of phosphoric acid groups is 1. The van der Waals surface area contributed by atoms with E-state index in [1.165, 1.54) is 6.20 Å². The average molecular weight is 417 g/mol. The molecule has 0 radical (unpaired) electrons. The number of fused-ring (bicyclic) bond motifs is 1. The van der Waals surface area contributed by atoms with Gasteiger partial charge in [0.15, 0.2) is 0 Å². The van der Waals surface area contributed by atoms with Gasteiger partial charge in [-0.05, 0) is 18.4 Å². The minimum absolute atomic E-state index is 0.00803. The molecule has 0 aliphatic rings. The van der Waals surface area contributed by atoms with Gasteiger partial charge >= 0.3 is 7.82 Å². The van der Waals surface area contributed by atoms with Gasteiger partial charge in [-0.2, -0.15) is 0 Å². The van der Waals surface area contributed by atoms with Crippen molar-refractivity contribution < 1.29 is 24.0 Å². The summed E-state index contributed by atoms with van der Waals surface area (Å²) in [6, 6.07) is 14.2. The van der Waals surface area contributed by atoms with Crippen molar-refractivity contribution in [1.29, 1.82) is 0 Å². The number of anilines is 1. The van der Waals surface area contributed by atoms with Crippen LogP contribution < -0.4 is 10.6 Å². The predicted octanol–water partition coefficient (Wildman–Crippen LogP) is 3.06. The summed E-state index contributed by atoms with van der Waals surface area (Å²) < 4.78 is 15.5. The molecule has 0 unspecified atom stereocenters. The van der Waals surface area contributed by atoms with Gasteiger partial charge in [0, 0.05) is 48.0 Å². The van der Waals surface area contributed by atoms with E-state index in [-0.39, 0.29) is 12.4 Å². The maximum absolute atomic E-state index is 11.0. The number of aromatic nitrogens is 1. The number of rotatable bonds is 9. The SMILES string of the molecule is Cc1ncc(COP(=O)(O)O)c(CNCCNc2cccc3ccccc23)c1O. The van der Waals surface area contributed by atoms with E-state index in [4.69, 9.17) is 9.79 Å². The summed E-state index contributed by atoms with van der Waals surface area (Å²) in [6.45, 7) is 2.91. The van der Waals surface area contributed by atoms with Crippen LogP contribution in [0.2, 0.25) is 0 Å². The van der Waals surface area contributed by atoms with E-state index in [1.807, 2.05) is 24.3 Å². The Labute approximate surface area is 168 Å². The second kappa shape index (κ2) is 9.35. The lowest BCUT2D eigenvalue weighted by molar-refractivity contribution is 0.188. The van der Waals surface area contributed by atoms with Gasteiger partial charge in [-0.15, -0.1) is 0 Å². The number of nitrogens with zero attached hydrogens (tertiary/aromatic N) is 1. The van der Waals surface area contributed by atoms with Crippen molar-refractivity contribution >= 4 is 24.3 Å². The molecular weight excluding hydrogens is 393 g/mol. The van der Waals surface area contributed by atoms with Gasteiger partial charge in [-0.1, -0.05) is 36.4 Å². The fraction of sp³-hybridized carbons (Fsp3) is 0.250. The molecule has 0 bridgehead atoms. The van der Waals surface area contributed by atoms with Crippen LogP contribution in [0.25, 0.3) is 10.8 Å². The Morgan fingerprint density at radius 3 is 2.66 bits per heavy atom. The zero-order valence-corrected chi connectivity index (χ0v) is 16.9. The highest BCUT2D eigenvalue weighted by Gasteiger charge is 2.17. The van der Waals surface area contributed by atoms with Gasteiger partial charge in [0.1, 0.15) is 5.75 Å². The van der Waals surface area contributed by atoms with E-state index in [0.717, 1.165) is 16.5 Å². The highest BCUT2D eigenvalue weighted by Crippen LogP contribution is 2.38. The first kappa shape index (κ1) is 21.2. The Kier molecular flexibility index (Phi) is 6.84. The molecule has 0 saturated carbocycles. The maximum Gasteiger partial charge on any atom is 0.469 e. The fourth-order valence-electron chi connectivity index (χ4n) is 3.04. The molecule has 0 aliphatic carbocycles. The van der Waals surface area contributed by atoms with Gasteiger partial charge < -0.3 is 25.5 Å². The van der Waals surface area contributed by atoms with Gasteiger partial charge in [0.25, 0.3) is 0 Å². The number of hydrogen-bond donors (Lipinski definition) is 5. The molecule has 0 atom stereocenters. The Morgan fingerprint density at radius 2 is 1.86 bits per heavy atom. The summed E-state index contributed by atoms with van der Waals surface area (Å²) in [5.74, 6) is -0.00803. The van der Waals surface area contributed by atoms with Gasteiger partial charge in [-0.3, -0.25) is 9.51 Å². The summed E-state index contributed by atoms with van der Waals surface area (Å²) in [5, 5.41) is 19.2. The van der Waals surface area contributed by atoms with E-state index in [1.54, 1.807) is 6.92 Å². The van der Waals surface area contributed by atoms with Crippen LogP contribution in [0.5, 0.6) is 5.75 Å². The number of benzene rings is 2. The molecule has 1 heterocycles. The molecule has 154 valence electrons. The van der Waals surface area contributed by atoms with E-state index >= 15 is 0 Å². The second-order valence-electron chi connectivity index (χ2n) is 6.59. The molecule has 1 aromatic heterocycles. The minimum atomic E-state index is -4.61. The van der Waals surface area contributed by atoms with Gasteiger partial charge in [-0.25, -0.2) is 4.57 Å². The quantitative estimate of drug-likeness (QED) is 0.266. The molecule has 3 rings (SSSR count). The van der Waals surface area contributed by atoms with E-state index in [9.17, 15) is 9.67 Å². The largest absolute Gasteiger partial charge is 0.506 e. The number of pyridine rings is 1. The lowest BCUT2D eigenvalue weighted by atomic mass is 10.1. The van der Waals surface area contributed by atoms with Crippen LogP contribution in [0.3, 0.4) is 0 Å². The van der Waals surface area contributed by atoms with Crippen LogP contribution in [0.1, 0.15) is 16.8 Å². The molecule has 2 aromatic carbocycles. The summed E-state index contributed by atoms with van der Waals surface area (Å²) in [6.07, 6.45) is 1.45. The van der Waals surface area contributed by atoms with Crippen LogP contribution in [-0.2, 0) is 22.2 Å². The van der Waals surface area contributed by atoms with E-state index < -0.39 is 7.82 Å². The summed E-state index contributed by atoms with van der Waals surface area (Å²) in [7, 11) is -4.61. The molecule has 9 heteroatoms. The first-order valence-electron chi connectivity index (χ1n) is 9.14. The average Bonchev–Trinajstić information content (AvgIpc) is 2.69. The fourth-order valence-corrected chi connectivity index (χ4v) is 3.35. The Bertz CT molecular complexity index is 1030. The van der Waals surface area contributed by atoms with Crippen LogP contribution in [0, 0.1) is 6.92 Å². The highest BCUT2D eigenvalue weighted by molar-refractivity contribution is 7.46. The van der Waals surface area contributed by atoms with Crippen molar-refractivity contribution in [3.63, 3.8) is 0 Å². The molecule has 3 aromatic rings. The van der Waals surface area contributed by atoms with Crippen molar-refractivity contribution in [2.45, 2.75) is 20.1 Å². The summed E-state index contributed by atoms with van der Waals surface area (Å²) in [4.78, 5) is 21.8. The zero-order valence-electron chi connectivity index (χ0n) is 16.0. The smallest absolute Gasteiger partial charge is 0.469 e. The normalized spacial score (nSPS) is 11.7. The zero-order chi connectivity index (χ0) is 20.9. The molecule has 5 N–H and O–H groups in total. The Morgan fingerprint density at radius 1 is 1.10 bits per heavy atom. The van der Waals surface area contributed by atoms with Crippen molar-refractivity contribution in [3.05, 3.63) is 65.5 Å². The highest BCUT2D eigenvalue weighted by atomic mass is 31.2. The molecule has 8 nitrogen and oxygen atoms in total. The standard InChI is InChI=1S/C20H24N3O5P/c1-14-20(24)18(16(11-23-14)13-28-29(25,26)27)12-21-9-10-22-19-8-4-6-15-5-2-3-7-17(15)19/h2-8,11,21-22,24H,9-10,12-13H2,1H3,(H2,25,26,27). The van der Waals surface area contributed by atoms with E-state index in [2.05, 4.69) is 38.3 Å². The third kappa shape index (κ3) is 5.76. The predicted molar refractivity (Wildman–Crippen MR) is 112 cm³/mol. The molecular formula is C20H24N3O5P. The Balaban J connectivity index is 1.58. The summed E-state index contributed by atoms with van der Waals surface area (Å²) >= 11 is 0. The second-order valence-corrected chi connectivity index (χ2v) is 7.83. The van der Waals surface area contributed by atoms with Crippen LogP contribution in [-0.4, -0.2) is 33.0 Å². The molecule has 0 aliphatic heterocycles. The van der Waals surface area contributed by atoms with Crippen LogP contribution in [0.15, 0.2) is 48.7 Å². The molecule has 0 spiro atoms. The summed E-state index contributed by atoms with van der Waals surface area (Å²) in [5.41, 5.74) is 2.42. The molecule has 0 fully saturated rings. The number of phosphoric ester groups is 1. The number of aromatic hydroxyl groups is 1. The van der Waals surface area contributed by atoms with Gasteiger partial charge in [0.2, 0.25) is 0 Å². The van der Waals surface area contributed by atoms with Crippen LogP contribution >= 0.6 is 7.82 Å². The number of aryl methyl sites for hydroxylation is 1. The Hall–Kier alpha value is -2.48. The monoisotopic (exact) mass is 417 g/mol. The first-order chi connectivity index (χ1) is 13.8. The molecule has 0 saturated heterocycles. The minimum Gasteiger partial charge on any atom is -0.506 e. The lowest BCUT2D eigenvalue weighted by Crippen LogP contribution is -2.22. The first-order valence-corrected chi connectivity index (χ1v) is 10.7. The number of hydrogen-bond acceptors (Lipinski definition) is 6. The van der Waals surface area contributed by atoms with Crippen molar-refractivity contribution in [2.75, 3.05) is 18.4 Å². The molecule has 29 heavy (non-hydrogen) atoms.